The number of carbonyl (C=O) groups excluding carboxylic acids is 1. The van der Waals surface area contributed by atoms with Gasteiger partial charge in [0.15, 0.2) is 0 Å². The van der Waals surface area contributed by atoms with Crippen LogP contribution in [0.2, 0.25) is 0 Å². The van der Waals surface area contributed by atoms with E-state index in [9.17, 15) is 9.59 Å². The highest BCUT2D eigenvalue weighted by Crippen LogP contribution is 2.38. The average molecular weight is 254 g/mol. The average Bonchev–Trinajstić information content (AvgIpc) is 2.99. The number of nitrogens with zero attached hydrogens (tertiary/aromatic N) is 1. The summed E-state index contributed by atoms with van der Waals surface area (Å²) in [6, 6.07) is 0. The lowest BCUT2D eigenvalue weighted by Crippen LogP contribution is -2.35. The summed E-state index contributed by atoms with van der Waals surface area (Å²) in [5.74, 6) is -1.25. The van der Waals surface area contributed by atoms with Gasteiger partial charge in [-0.1, -0.05) is 6.92 Å². The molecule has 1 saturated heterocycles. The number of amides is 1. The highest BCUT2D eigenvalue weighted by molar-refractivity contribution is 5.89. The van der Waals surface area contributed by atoms with Crippen molar-refractivity contribution in [3.63, 3.8) is 0 Å². The summed E-state index contributed by atoms with van der Waals surface area (Å²) >= 11 is 0. The van der Waals surface area contributed by atoms with Gasteiger partial charge in [-0.3, -0.25) is 9.59 Å². The number of hydrogen-bond donors (Lipinski definition) is 2. The van der Waals surface area contributed by atoms with Crippen molar-refractivity contribution in [1.82, 2.24) is 10.2 Å². The first kappa shape index (κ1) is 13.3. The van der Waals surface area contributed by atoms with Crippen LogP contribution < -0.4 is 5.32 Å². The van der Waals surface area contributed by atoms with Crippen molar-refractivity contribution >= 4 is 11.9 Å². The van der Waals surface area contributed by atoms with Crippen LogP contribution in [-0.4, -0.2) is 48.1 Å². The van der Waals surface area contributed by atoms with Crippen LogP contribution in [0.25, 0.3) is 0 Å². The molecule has 1 unspecified atom stereocenters. The molecule has 0 aromatic carbocycles. The summed E-state index contributed by atoms with van der Waals surface area (Å²) in [6.45, 7) is 6.13. The maximum Gasteiger partial charge on any atom is 0.307 e. The van der Waals surface area contributed by atoms with E-state index in [1.54, 1.807) is 0 Å². The van der Waals surface area contributed by atoms with E-state index in [2.05, 4.69) is 17.1 Å². The number of carbonyl (C=O) groups is 2. The van der Waals surface area contributed by atoms with Gasteiger partial charge in [-0.15, -0.1) is 0 Å². The monoisotopic (exact) mass is 254 g/mol. The van der Waals surface area contributed by atoms with E-state index in [0.717, 1.165) is 6.54 Å². The molecular weight excluding hydrogens is 232 g/mol. The number of aliphatic carboxylic acids is 1. The Labute approximate surface area is 108 Å². The summed E-state index contributed by atoms with van der Waals surface area (Å²) in [5, 5.41) is 11.6. The zero-order valence-electron chi connectivity index (χ0n) is 10.9. The lowest BCUT2D eigenvalue weighted by Gasteiger charge is -2.20. The second kappa shape index (κ2) is 5.69. The van der Waals surface area contributed by atoms with Crippen LogP contribution in [0.5, 0.6) is 0 Å². The third-order valence-electron chi connectivity index (χ3n) is 3.84. The van der Waals surface area contributed by atoms with Crippen LogP contribution in [0, 0.1) is 17.8 Å². The zero-order chi connectivity index (χ0) is 13.1. The van der Waals surface area contributed by atoms with Gasteiger partial charge in [0.2, 0.25) is 5.91 Å². The molecule has 1 aliphatic heterocycles. The first-order valence-electron chi connectivity index (χ1n) is 6.81. The van der Waals surface area contributed by atoms with Crippen molar-refractivity contribution in [2.45, 2.75) is 26.2 Å². The van der Waals surface area contributed by atoms with E-state index in [4.69, 9.17) is 5.11 Å². The van der Waals surface area contributed by atoms with Gasteiger partial charge in [-0.25, -0.2) is 0 Å². The Morgan fingerprint density at radius 3 is 2.56 bits per heavy atom. The fourth-order valence-electron chi connectivity index (χ4n) is 2.63. The molecule has 102 valence electrons. The molecule has 18 heavy (non-hydrogen) atoms. The van der Waals surface area contributed by atoms with Crippen molar-refractivity contribution < 1.29 is 14.7 Å². The Hall–Kier alpha value is -1.10. The minimum Gasteiger partial charge on any atom is -0.481 e. The van der Waals surface area contributed by atoms with E-state index in [0.29, 0.717) is 18.9 Å². The second-order valence-corrected chi connectivity index (χ2v) is 5.64. The van der Waals surface area contributed by atoms with Crippen LogP contribution in [0.3, 0.4) is 0 Å². The van der Waals surface area contributed by atoms with Crippen molar-refractivity contribution in [3.8, 4) is 0 Å². The summed E-state index contributed by atoms with van der Waals surface area (Å²) in [7, 11) is 0. The van der Waals surface area contributed by atoms with Gasteiger partial charge in [0.25, 0.3) is 0 Å². The number of rotatable bonds is 6. The molecule has 3 atom stereocenters. The Bertz CT molecular complexity index is 326. The fourth-order valence-corrected chi connectivity index (χ4v) is 2.63. The molecule has 1 heterocycles. The fraction of sp³-hybridized carbons (Fsp3) is 0.846. The van der Waals surface area contributed by atoms with Gasteiger partial charge >= 0.3 is 5.97 Å². The molecular formula is C13H22N2O3. The zero-order valence-corrected chi connectivity index (χ0v) is 10.9. The van der Waals surface area contributed by atoms with Crippen LogP contribution >= 0.6 is 0 Å². The number of nitrogens with one attached hydrogen (secondary N) is 1. The van der Waals surface area contributed by atoms with E-state index in [1.165, 1.54) is 25.9 Å². The van der Waals surface area contributed by atoms with Gasteiger partial charge in [0.05, 0.1) is 11.8 Å². The minimum absolute atomic E-state index is 0.0873. The van der Waals surface area contributed by atoms with Gasteiger partial charge in [-0.05, 0) is 38.3 Å². The number of carboxylic acids is 1. The van der Waals surface area contributed by atoms with Crippen LogP contribution in [0.15, 0.2) is 0 Å². The third-order valence-corrected chi connectivity index (χ3v) is 3.84. The molecule has 1 aliphatic carbocycles. The molecule has 1 amide bonds. The molecule has 0 bridgehead atoms. The standard InChI is InChI=1S/C13H22N2O3/c1-9(8-15-4-2-3-5-15)7-14-12(16)10-6-11(10)13(17)18/h9-11H,2-8H2,1H3,(H,14,16)(H,17,18)/t9?,10-,11+/m1/s1. The maximum atomic E-state index is 11.7. The third kappa shape index (κ3) is 3.45. The van der Waals surface area contributed by atoms with E-state index >= 15 is 0 Å². The SMILES string of the molecule is CC(CNC(=O)[C@@H]1C[C@@H]1C(=O)O)CN1CCCC1. The lowest BCUT2D eigenvalue weighted by atomic mass is 10.1. The highest BCUT2D eigenvalue weighted by atomic mass is 16.4. The van der Waals surface area contributed by atoms with Gasteiger partial charge in [0, 0.05) is 13.1 Å². The largest absolute Gasteiger partial charge is 0.481 e. The minimum atomic E-state index is -0.847. The van der Waals surface area contributed by atoms with Crippen molar-refractivity contribution in [2.24, 2.45) is 17.8 Å². The Morgan fingerprint density at radius 2 is 2.00 bits per heavy atom. The molecule has 2 fully saturated rings. The topological polar surface area (TPSA) is 69.6 Å². The smallest absolute Gasteiger partial charge is 0.307 e. The first-order chi connectivity index (χ1) is 8.58. The molecule has 2 aliphatic rings. The molecule has 0 aromatic heterocycles. The molecule has 0 radical (unpaired) electrons. The molecule has 1 saturated carbocycles. The molecule has 5 nitrogen and oxygen atoms in total. The van der Waals surface area contributed by atoms with Crippen LogP contribution in [0.4, 0.5) is 0 Å². The summed E-state index contributed by atoms with van der Waals surface area (Å²) in [5.41, 5.74) is 0. The Kier molecular flexibility index (Phi) is 4.22. The van der Waals surface area contributed by atoms with Crippen molar-refractivity contribution in [3.05, 3.63) is 0 Å². The van der Waals surface area contributed by atoms with Crippen LogP contribution in [-0.2, 0) is 9.59 Å². The van der Waals surface area contributed by atoms with Crippen molar-refractivity contribution in [1.29, 1.82) is 0 Å². The normalized spacial score (nSPS) is 28.9. The molecule has 0 aromatic rings. The molecule has 5 heteroatoms. The highest BCUT2D eigenvalue weighted by Gasteiger charge is 2.48. The molecule has 0 spiro atoms. The second-order valence-electron chi connectivity index (χ2n) is 5.64. The van der Waals surface area contributed by atoms with E-state index < -0.39 is 11.9 Å². The predicted octanol–water partition coefficient (Wildman–Crippen LogP) is 0.555. The Morgan fingerprint density at radius 1 is 1.33 bits per heavy atom. The lowest BCUT2D eigenvalue weighted by molar-refractivity contribution is -0.140. The number of carboxylic acid groups (broad SMARTS) is 1. The summed E-state index contributed by atoms with van der Waals surface area (Å²) in [6.07, 6.45) is 3.06. The number of hydrogen-bond acceptors (Lipinski definition) is 3. The van der Waals surface area contributed by atoms with Gasteiger partial charge in [0.1, 0.15) is 0 Å². The van der Waals surface area contributed by atoms with Gasteiger partial charge in [-0.2, -0.15) is 0 Å². The molecule has 2 N–H and O–H groups in total. The van der Waals surface area contributed by atoms with E-state index in [1.807, 2.05) is 0 Å². The maximum absolute atomic E-state index is 11.7. The molecule has 2 rings (SSSR count). The Balaban J connectivity index is 1.62. The first-order valence-corrected chi connectivity index (χ1v) is 6.81. The van der Waals surface area contributed by atoms with Crippen LogP contribution in [0.1, 0.15) is 26.2 Å². The van der Waals surface area contributed by atoms with Gasteiger partial charge < -0.3 is 15.3 Å². The summed E-state index contributed by atoms with van der Waals surface area (Å²) < 4.78 is 0. The quantitative estimate of drug-likeness (QED) is 0.726. The number of likely N-dealkylation sites (tertiary alicyclic amines) is 1. The van der Waals surface area contributed by atoms with Crippen molar-refractivity contribution in [2.75, 3.05) is 26.2 Å². The predicted molar refractivity (Wildman–Crippen MR) is 67.1 cm³/mol. The summed E-state index contributed by atoms with van der Waals surface area (Å²) in [4.78, 5) is 24.8. The van der Waals surface area contributed by atoms with E-state index in [-0.39, 0.29) is 11.8 Å².